The minimum absolute atomic E-state index is 0.124. The number of amides is 2. The summed E-state index contributed by atoms with van der Waals surface area (Å²) in [6, 6.07) is 11.3. The van der Waals surface area contributed by atoms with E-state index < -0.39 is 29.9 Å². The Kier molecular flexibility index (Phi) is 5.59. The van der Waals surface area contributed by atoms with Crippen molar-refractivity contribution in [1.29, 1.82) is 0 Å². The first-order valence-electron chi connectivity index (χ1n) is 8.89. The van der Waals surface area contributed by atoms with Crippen molar-refractivity contribution in [1.82, 2.24) is 10.2 Å². The van der Waals surface area contributed by atoms with Gasteiger partial charge in [0.1, 0.15) is 6.04 Å². The Morgan fingerprint density at radius 1 is 1.22 bits per heavy atom. The third-order valence-electron chi connectivity index (χ3n) is 4.99. The second-order valence-electron chi connectivity index (χ2n) is 6.70. The zero-order chi connectivity index (χ0) is 19.4. The van der Waals surface area contributed by atoms with E-state index in [0.717, 1.165) is 5.56 Å². The van der Waals surface area contributed by atoms with E-state index in [2.05, 4.69) is 5.32 Å². The van der Waals surface area contributed by atoms with Gasteiger partial charge in [-0.15, -0.1) is 0 Å². The smallest absolute Gasteiger partial charge is 0.308 e. The van der Waals surface area contributed by atoms with E-state index in [1.165, 1.54) is 12.3 Å². The number of benzene rings is 1. The molecule has 0 spiro atoms. The normalized spacial score (nSPS) is 20.3. The van der Waals surface area contributed by atoms with Gasteiger partial charge in [0.25, 0.3) is 5.91 Å². The Morgan fingerprint density at radius 3 is 2.56 bits per heavy atom. The molecule has 7 heteroatoms. The first-order valence-corrected chi connectivity index (χ1v) is 8.89. The minimum atomic E-state index is -0.906. The topological polar surface area (TPSA) is 99.9 Å². The van der Waals surface area contributed by atoms with E-state index in [4.69, 9.17) is 4.42 Å². The minimum Gasteiger partial charge on any atom is -0.481 e. The Balaban J connectivity index is 1.79. The average Bonchev–Trinajstić information content (AvgIpc) is 3.31. The van der Waals surface area contributed by atoms with Crippen LogP contribution in [0.2, 0.25) is 0 Å². The summed E-state index contributed by atoms with van der Waals surface area (Å²) >= 11 is 0. The molecule has 1 fully saturated rings. The van der Waals surface area contributed by atoms with Crippen LogP contribution in [0.5, 0.6) is 0 Å². The number of rotatable bonds is 6. The summed E-state index contributed by atoms with van der Waals surface area (Å²) in [6.45, 7) is 2.09. The molecule has 0 aliphatic carbocycles. The highest BCUT2D eigenvalue weighted by Crippen LogP contribution is 2.25. The molecule has 2 N–H and O–H groups in total. The summed E-state index contributed by atoms with van der Waals surface area (Å²) in [6.07, 6.45) is 2.11. The predicted molar refractivity (Wildman–Crippen MR) is 97.0 cm³/mol. The van der Waals surface area contributed by atoms with Gasteiger partial charge in [0.2, 0.25) is 5.91 Å². The first-order chi connectivity index (χ1) is 13.0. The summed E-state index contributed by atoms with van der Waals surface area (Å²) in [7, 11) is 0. The Bertz CT molecular complexity index is 803. The lowest BCUT2D eigenvalue weighted by Gasteiger charge is -2.28. The standard InChI is InChI=1S/C20H22N2O5/c1-13-15(20(25)26)9-10-22(13)19(24)16(12-14-6-3-2-4-7-14)21-18(23)17-8-5-11-27-17/h2-8,11,13,15-16H,9-10,12H2,1H3,(H,21,23)(H,25,26). The van der Waals surface area contributed by atoms with Gasteiger partial charge in [-0.05, 0) is 31.0 Å². The molecule has 3 unspecified atom stereocenters. The van der Waals surface area contributed by atoms with Crippen molar-refractivity contribution in [3.05, 3.63) is 60.1 Å². The van der Waals surface area contributed by atoms with Gasteiger partial charge < -0.3 is 19.7 Å². The van der Waals surface area contributed by atoms with Crippen LogP contribution < -0.4 is 5.32 Å². The number of likely N-dealkylation sites (tertiary alicyclic amines) is 1. The van der Waals surface area contributed by atoms with Crippen LogP contribution in [0.4, 0.5) is 0 Å². The van der Waals surface area contributed by atoms with E-state index in [1.54, 1.807) is 17.9 Å². The highest BCUT2D eigenvalue weighted by atomic mass is 16.4. The largest absolute Gasteiger partial charge is 0.481 e. The first kappa shape index (κ1) is 18.7. The molecule has 7 nitrogen and oxygen atoms in total. The molecule has 1 aliphatic rings. The predicted octanol–water partition coefficient (Wildman–Crippen LogP) is 1.94. The maximum atomic E-state index is 13.1. The molecule has 2 heterocycles. The van der Waals surface area contributed by atoms with Crippen molar-refractivity contribution in [2.45, 2.75) is 31.8 Å². The quantitative estimate of drug-likeness (QED) is 0.809. The van der Waals surface area contributed by atoms with Crippen molar-refractivity contribution in [2.75, 3.05) is 6.54 Å². The lowest BCUT2D eigenvalue weighted by atomic mass is 10.0. The molecule has 3 rings (SSSR count). The number of hydrogen-bond donors (Lipinski definition) is 2. The van der Waals surface area contributed by atoms with Gasteiger partial charge in [-0.25, -0.2) is 0 Å². The van der Waals surface area contributed by atoms with Crippen molar-refractivity contribution in [3.8, 4) is 0 Å². The number of carboxylic acids is 1. The maximum absolute atomic E-state index is 13.1. The van der Waals surface area contributed by atoms with E-state index in [0.29, 0.717) is 19.4 Å². The molecule has 0 bridgehead atoms. The highest BCUT2D eigenvalue weighted by Gasteiger charge is 2.40. The van der Waals surface area contributed by atoms with Crippen LogP contribution in [0, 0.1) is 5.92 Å². The summed E-state index contributed by atoms with van der Waals surface area (Å²) in [4.78, 5) is 38.4. The zero-order valence-electron chi connectivity index (χ0n) is 15.0. The van der Waals surface area contributed by atoms with Crippen molar-refractivity contribution < 1.29 is 23.9 Å². The molecule has 1 aliphatic heterocycles. The maximum Gasteiger partial charge on any atom is 0.308 e. The van der Waals surface area contributed by atoms with E-state index >= 15 is 0 Å². The lowest BCUT2D eigenvalue weighted by Crippen LogP contribution is -2.51. The van der Waals surface area contributed by atoms with Gasteiger partial charge in [0, 0.05) is 19.0 Å². The number of carbonyl (C=O) groups excluding carboxylic acids is 2. The number of aliphatic carboxylic acids is 1. The fourth-order valence-corrected chi connectivity index (χ4v) is 3.47. The number of carbonyl (C=O) groups is 3. The molecule has 0 radical (unpaired) electrons. The van der Waals surface area contributed by atoms with Gasteiger partial charge in [-0.2, -0.15) is 0 Å². The van der Waals surface area contributed by atoms with Gasteiger partial charge >= 0.3 is 5.97 Å². The molecule has 1 aromatic carbocycles. The van der Waals surface area contributed by atoms with Gasteiger partial charge in [0.15, 0.2) is 5.76 Å². The third-order valence-corrected chi connectivity index (χ3v) is 4.99. The molecule has 142 valence electrons. The SMILES string of the molecule is CC1C(C(=O)O)CCN1C(=O)C(Cc1ccccc1)NC(=O)c1ccco1. The highest BCUT2D eigenvalue weighted by molar-refractivity contribution is 5.95. The van der Waals surface area contributed by atoms with Gasteiger partial charge in [-0.1, -0.05) is 30.3 Å². The molecule has 1 aromatic heterocycles. The van der Waals surface area contributed by atoms with E-state index in [9.17, 15) is 19.5 Å². The number of nitrogens with zero attached hydrogens (tertiary/aromatic N) is 1. The van der Waals surface area contributed by atoms with E-state index in [-0.39, 0.29) is 11.7 Å². The van der Waals surface area contributed by atoms with E-state index in [1.807, 2.05) is 30.3 Å². The van der Waals surface area contributed by atoms with Crippen LogP contribution >= 0.6 is 0 Å². The summed E-state index contributed by atoms with van der Waals surface area (Å²) < 4.78 is 5.11. The Hall–Kier alpha value is -3.09. The molecular weight excluding hydrogens is 348 g/mol. The van der Waals surface area contributed by atoms with Crippen LogP contribution in [0.25, 0.3) is 0 Å². The molecule has 3 atom stereocenters. The Labute approximate surface area is 157 Å². The number of furan rings is 1. The molecule has 0 saturated carbocycles. The Morgan fingerprint density at radius 2 is 1.96 bits per heavy atom. The second-order valence-corrected chi connectivity index (χ2v) is 6.70. The van der Waals surface area contributed by atoms with Crippen molar-refractivity contribution in [3.63, 3.8) is 0 Å². The molecule has 27 heavy (non-hydrogen) atoms. The van der Waals surface area contributed by atoms with Crippen LogP contribution in [-0.2, 0) is 16.0 Å². The number of hydrogen-bond acceptors (Lipinski definition) is 4. The number of nitrogens with one attached hydrogen (secondary N) is 1. The average molecular weight is 370 g/mol. The molecule has 2 aromatic rings. The zero-order valence-corrected chi connectivity index (χ0v) is 15.0. The number of carboxylic acid groups (broad SMARTS) is 1. The fourth-order valence-electron chi connectivity index (χ4n) is 3.47. The molecule has 1 saturated heterocycles. The lowest BCUT2D eigenvalue weighted by molar-refractivity contribution is -0.143. The fraction of sp³-hybridized carbons (Fsp3) is 0.350. The van der Waals surface area contributed by atoms with Crippen LogP contribution in [0.3, 0.4) is 0 Å². The van der Waals surface area contributed by atoms with Gasteiger partial charge in [-0.3, -0.25) is 14.4 Å². The van der Waals surface area contributed by atoms with Crippen LogP contribution in [-0.4, -0.2) is 46.4 Å². The van der Waals surface area contributed by atoms with Gasteiger partial charge in [0.05, 0.1) is 12.2 Å². The van der Waals surface area contributed by atoms with Crippen molar-refractivity contribution >= 4 is 17.8 Å². The van der Waals surface area contributed by atoms with Crippen LogP contribution in [0.1, 0.15) is 29.5 Å². The molecular formula is C20H22N2O5. The van der Waals surface area contributed by atoms with Crippen molar-refractivity contribution in [2.24, 2.45) is 5.92 Å². The van der Waals surface area contributed by atoms with Crippen LogP contribution in [0.15, 0.2) is 53.1 Å². The second kappa shape index (κ2) is 8.07. The third kappa shape index (κ3) is 4.19. The summed E-state index contributed by atoms with van der Waals surface area (Å²) in [5.41, 5.74) is 0.900. The monoisotopic (exact) mass is 370 g/mol. The summed E-state index contributed by atoms with van der Waals surface area (Å²) in [5.74, 6) is -2.13. The molecule has 2 amide bonds. The summed E-state index contributed by atoms with van der Waals surface area (Å²) in [5, 5.41) is 12.0.